The van der Waals surface area contributed by atoms with Crippen LogP contribution in [-0.2, 0) is 19.4 Å². The van der Waals surface area contributed by atoms with E-state index in [2.05, 4.69) is 19.2 Å². The largest absolute Gasteiger partial charge is 0.370 e. The van der Waals surface area contributed by atoms with Gasteiger partial charge in [-0.05, 0) is 32.9 Å². The van der Waals surface area contributed by atoms with E-state index in [9.17, 15) is 13.2 Å². The van der Waals surface area contributed by atoms with Gasteiger partial charge in [0.1, 0.15) is 18.6 Å². The molecule has 2 N–H and O–H groups in total. The number of sulfone groups is 1. The molecule has 0 unspecified atom stereocenters. The Morgan fingerprint density at radius 1 is 1.20 bits per heavy atom. The van der Waals surface area contributed by atoms with Crippen molar-refractivity contribution in [3.05, 3.63) is 29.8 Å². The van der Waals surface area contributed by atoms with Crippen molar-refractivity contribution in [3.8, 4) is 0 Å². The summed E-state index contributed by atoms with van der Waals surface area (Å²) in [4.78, 5) is 13.8. The van der Waals surface area contributed by atoms with Gasteiger partial charge < -0.3 is 15.0 Å². The third-order valence-corrected chi connectivity index (χ3v) is 6.49. The SMILES string of the molecule is Cc1ccc(S(=O)(=O)CCC(=O)NCC(C)(C)[NH+]2CCOCC2)cc1. The summed E-state index contributed by atoms with van der Waals surface area (Å²) in [6.07, 6.45) is -0.0231. The van der Waals surface area contributed by atoms with Crippen LogP contribution in [-0.4, -0.2) is 58.5 Å². The molecule has 0 aliphatic carbocycles. The first-order chi connectivity index (χ1) is 11.7. The van der Waals surface area contributed by atoms with Gasteiger partial charge in [0.25, 0.3) is 0 Å². The Balaban J connectivity index is 1.82. The highest BCUT2D eigenvalue weighted by atomic mass is 32.2. The maximum Gasteiger partial charge on any atom is 0.221 e. The molecular formula is C18H29N2O4S+. The van der Waals surface area contributed by atoms with Gasteiger partial charge in [-0.3, -0.25) is 4.79 Å². The summed E-state index contributed by atoms with van der Waals surface area (Å²) in [5, 5.41) is 2.89. The van der Waals surface area contributed by atoms with Gasteiger partial charge in [-0.1, -0.05) is 17.7 Å². The molecule has 1 aliphatic heterocycles. The molecule has 1 aromatic rings. The average molecular weight is 370 g/mol. The number of benzene rings is 1. The Bertz CT molecular complexity index is 678. The first-order valence-electron chi connectivity index (χ1n) is 8.70. The standard InChI is InChI=1S/C18H28N2O4S/c1-15-4-6-16(7-5-15)25(22,23)13-8-17(21)19-14-18(2,3)20-9-11-24-12-10-20/h4-7H,8-14H2,1-3H3,(H,19,21)/p+1. The summed E-state index contributed by atoms with van der Waals surface area (Å²) in [5.41, 5.74) is 0.902. The van der Waals surface area contributed by atoms with E-state index >= 15 is 0 Å². The van der Waals surface area contributed by atoms with Gasteiger partial charge in [-0.2, -0.15) is 0 Å². The first-order valence-corrected chi connectivity index (χ1v) is 10.3. The molecule has 6 nitrogen and oxygen atoms in total. The molecule has 0 radical (unpaired) electrons. The minimum Gasteiger partial charge on any atom is -0.370 e. The number of hydrogen-bond acceptors (Lipinski definition) is 4. The van der Waals surface area contributed by atoms with Crippen LogP contribution in [0.2, 0.25) is 0 Å². The van der Waals surface area contributed by atoms with E-state index in [1.54, 1.807) is 24.3 Å². The Morgan fingerprint density at radius 3 is 2.40 bits per heavy atom. The molecule has 1 saturated heterocycles. The molecule has 0 atom stereocenters. The number of carbonyl (C=O) groups excluding carboxylic acids is 1. The zero-order chi connectivity index (χ0) is 18.5. The van der Waals surface area contributed by atoms with Crippen molar-refractivity contribution < 1.29 is 22.8 Å². The average Bonchev–Trinajstić information content (AvgIpc) is 2.59. The van der Waals surface area contributed by atoms with Crippen LogP contribution in [0.25, 0.3) is 0 Å². The Morgan fingerprint density at radius 2 is 1.80 bits per heavy atom. The van der Waals surface area contributed by atoms with Crippen LogP contribution in [0.5, 0.6) is 0 Å². The van der Waals surface area contributed by atoms with E-state index in [1.165, 1.54) is 4.90 Å². The van der Waals surface area contributed by atoms with Crippen LogP contribution in [0.1, 0.15) is 25.8 Å². The molecule has 1 amide bonds. The predicted molar refractivity (Wildman–Crippen MR) is 96.5 cm³/mol. The number of hydrogen-bond donors (Lipinski definition) is 2. The lowest BCUT2D eigenvalue weighted by atomic mass is 10.0. The second-order valence-corrected chi connectivity index (χ2v) is 9.37. The van der Waals surface area contributed by atoms with Gasteiger partial charge in [-0.25, -0.2) is 8.42 Å². The third-order valence-electron chi connectivity index (χ3n) is 4.76. The van der Waals surface area contributed by atoms with Crippen LogP contribution >= 0.6 is 0 Å². The number of morpholine rings is 1. The minimum absolute atomic E-state index is 0.0231. The molecule has 7 heteroatoms. The second kappa shape index (κ2) is 8.29. The van der Waals surface area contributed by atoms with Gasteiger partial charge >= 0.3 is 0 Å². The fourth-order valence-corrected chi connectivity index (χ4v) is 4.16. The summed E-state index contributed by atoms with van der Waals surface area (Å²) in [6, 6.07) is 6.71. The molecule has 0 spiro atoms. The molecule has 1 heterocycles. The number of nitrogens with one attached hydrogen (secondary N) is 2. The van der Waals surface area contributed by atoms with Crippen LogP contribution in [0, 0.1) is 6.92 Å². The number of amides is 1. The van der Waals surface area contributed by atoms with Gasteiger partial charge in [0.15, 0.2) is 9.84 Å². The van der Waals surface area contributed by atoms with E-state index in [4.69, 9.17) is 4.74 Å². The van der Waals surface area contributed by atoms with Crippen molar-refractivity contribution in [2.24, 2.45) is 0 Å². The third kappa shape index (κ3) is 5.80. The lowest BCUT2D eigenvalue weighted by Gasteiger charge is -2.37. The Kier molecular flexibility index (Phi) is 6.59. The lowest BCUT2D eigenvalue weighted by molar-refractivity contribution is -0.954. The van der Waals surface area contributed by atoms with Gasteiger partial charge in [-0.15, -0.1) is 0 Å². The summed E-state index contributed by atoms with van der Waals surface area (Å²) in [5.74, 6) is -0.399. The predicted octanol–water partition coefficient (Wildman–Crippen LogP) is -0.0313. The number of ether oxygens (including phenoxy) is 1. The molecule has 0 bridgehead atoms. The van der Waals surface area contributed by atoms with Gasteiger partial charge in [0, 0.05) is 6.42 Å². The van der Waals surface area contributed by atoms with Gasteiger partial charge in [0.2, 0.25) is 5.91 Å². The summed E-state index contributed by atoms with van der Waals surface area (Å²) >= 11 is 0. The van der Waals surface area contributed by atoms with Crippen molar-refractivity contribution >= 4 is 15.7 Å². The summed E-state index contributed by atoms with van der Waals surface area (Å²) in [6.45, 7) is 9.96. The van der Waals surface area contributed by atoms with Crippen LogP contribution < -0.4 is 10.2 Å². The Labute approximate surface area is 150 Å². The molecule has 0 saturated carbocycles. The molecule has 0 aromatic heterocycles. The van der Waals surface area contributed by atoms with Crippen LogP contribution in [0.4, 0.5) is 0 Å². The van der Waals surface area contributed by atoms with Crippen molar-refractivity contribution in [2.75, 3.05) is 38.6 Å². The van der Waals surface area contributed by atoms with E-state index in [0.717, 1.165) is 31.9 Å². The highest BCUT2D eigenvalue weighted by molar-refractivity contribution is 7.91. The Hall–Kier alpha value is -1.44. The highest BCUT2D eigenvalue weighted by Gasteiger charge is 2.32. The quantitative estimate of drug-likeness (QED) is 0.708. The topological polar surface area (TPSA) is 76.9 Å². The van der Waals surface area contributed by atoms with E-state index in [1.807, 2.05) is 6.92 Å². The van der Waals surface area contributed by atoms with Crippen molar-refractivity contribution in [1.29, 1.82) is 0 Å². The highest BCUT2D eigenvalue weighted by Crippen LogP contribution is 2.13. The number of carbonyl (C=O) groups is 1. The minimum atomic E-state index is -3.43. The second-order valence-electron chi connectivity index (χ2n) is 7.26. The van der Waals surface area contributed by atoms with E-state index in [-0.39, 0.29) is 28.5 Å². The maximum atomic E-state index is 12.3. The van der Waals surface area contributed by atoms with Crippen LogP contribution in [0.3, 0.4) is 0 Å². The van der Waals surface area contributed by atoms with Crippen molar-refractivity contribution in [3.63, 3.8) is 0 Å². The van der Waals surface area contributed by atoms with Gasteiger partial charge in [0.05, 0.1) is 30.4 Å². The zero-order valence-corrected chi connectivity index (χ0v) is 16.1. The normalized spacial score (nSPS) is 16.6. The molecule has 1 fully saturated rings. The number of quaternary nitrogens is 1. The molecular weight excluding hydrogens is 340 g/mol. The molecule has 2 rings (SSSR count). The van der Waals surface area contributed by atoms with Crippen molar-refractivity contribution in [2.45, 2.75) is 37.6 Å². The smallest absolute Gasteiger partial charge is 0.221 e. The number of rotatable bonds is 7. The molecule has 140 valence electrons. The lowest BCUT2D eigenvalue weighted by Crippen LogP contribution is -3.22. The fourth-order valence-electron chi connectivity index (χ4n) is 2.92. The fraction of sp³-hybridized carbons (Fsp3) is 0.611. The monoisotopic (exact) mass is 369 g/mol. The molecule has 1 aromatic carbocycles. The zero-order valence-electron chi connectivity index (χ0n) is 15.3. The number of aryl methyl sites for hydroxylation is 1. The molecule has 25 heavy (non-hydrogen) atoms. The molecule has 1 aliphatic rings. The van der Waals surface area contributed by atoms with Crippen LogP contribution in [0.15, 0.2) is 29.2 Å². The first kappa shape index (κ1) is 19.9. The summed E-state index contributed by atoms with van der Waals surface area (Å²) < 4.78 is 30.0. The summed E-state index contributed by atoms with van der Waals surface area (Å²) in [7, 11) is -3.43. The van der Waals surface area contributed by atoms with E-state index < -0.39 is 9.84 Å². The van der Waals surface area contributed by atoms with Crippen molar-refractivity contribution in [1.82, 2.24) is 5.32 Å². The maximum absolute atomic E-state index is 12.3. The van der Waals surface area contributed by atoms with E-state index in [0.29, 0.717) is 6.54 Å².